The molecule has 1 aromatic heterocycles. The highest BCUT2D eigenvalue weighted by atomic mass is 16.5. The first-order valence-corrected chi connectivity index (χ1v) is 14.6. The molecule has 0 spiro atoms. The van der Waals surface area contributed by atoms with Crippen LogP contribution in [0.2, 0.25) is 0 Å². The second-order valence-corrected chi connectivity index (χ2v) is 10.6. The van der Waals surface area contributed by atoms with Crippen LogP contribution < -0.4 is 15.0 Å². The third-order valence-corrected chi connectivity index (χ3v) is 7.70. The van der Waals surface area contributed by atoms with Crippen LogP contribution in [0.3, 0.4) is 0 Å². The summed E-state index contributed by atoms with van der Waals surface area (Å²) in [5.74, 6) is -0.0372. The van der Waals surface area contributed by atoms with Crippen molar-refractivity contribution in [3.05, 3.63) is 114 Å². The number of para-hydroxylation sites is 1. The number of fused-ring (bicyclic) bond motifs is 1. The lowest BCUT2D eigenvalue weighted by Crippen LogP contribution is -2.42. The normalized spacial score (nSPS) is 13.8. The van der Waals surface area contributed by atoms with E-state index < -0.39 is 6.04 Å². The second-order valence-electron chi connectivity index (χ2n) is 10.6. The Morgan fingerprint density at radius 3 is 2.45 bits per heavy atom. The van der Waals surface area contributed by atoms with E-state index >= 15 is 0 Å². The Hall–Kier alpha value is -5.22. The van der Waals surface area contributed by atoms with E-state index in [-0.39, 0.29) is 24.9 Å². The van der Waals surface area contributed by atoms with Gasteiger partial charge < -0.3 is 24.6 Å². The van der Waals surface area contributed by atoms with Crippen LogP contribution in [0.1, 0.15) is 17.2 Å². The fourth-order valence-corrected chi connectivity index (χ4v) is 5.43. The number of amides is 2. The quantitative estimate of drug-likeness (QED) is 0.252. The summed E-state index contributed by atoms with van der Waals surface area (Å²) in [5, 5.41) is 11.5. The molecule has 6 rings (SSSR count). The number of benzene rings is 4. The predicted molar refractivity (Wildman–Crippen MR) is 168 cm³/mol. The molecule has 1 N–H and O–H groups in total. The molecule has 224 valence electrons. The zero-order chi connectivity index (χ0) is 30.3. The minimum Gasteiger partial charge on any atom is -0.497 e. The van der Waals surface area contributed by atoms with Gasteiger partial charge in [0.15, 0.2) is 0 Å². The number of anilines is 2. The number of ether oxygens (including phenoxy) is 2. The van der Waals surface area contributed by atoms with E-state index in [4.69, 9.17) is 9.47 Å². The van der Waals surface area contributed by atoms with Crippen LogP contribution in [-0.4, -0.2) is 65.1 Å². The molecule has 44 heavy (non-hydrogen) atoms. The lowest BCUT2D eigenvalue weighted by Gasteiger charge is -2.32. The van der Waals surface area contributed by atoms with E-state index in [1.807, 2.05) is 97.1 Å². The Labute approximate surface area is 255 Å². The number of hydrogen-bond donors (Lipinski definition) is 1. The molecule has 0 aliphatic carbocycles. The van der Waals surface area contributed by atoms with Gasteiger partial charge >= 0.3 is 0 Å². The van der Waals surface area contributed by atoms with Gasteiger partial charge in [-0.05, 0) is 59.7 Å². The van der Waals surface area contributed by atoms with Gasteiger partial charge in [-0.2, -0.15) is 0 Å². The number of nitrogens with one attached hydrogen (secondary N) is 1. The van der Waals surface area contributed by atoms with Crippen LogP contribution in [0.15, 0.2) is 103 Å². The fraction of sp³-hybridized carbons (Fsp3) is 0.235. The first-order chi connectivity index (χ1) is 21.6. The average molecular weight is 591 g/mol. The van der Waals surface area contributed by atoms with Crippen LogP contribution in [0.5, 0.6) is 5.75 Å². The molecule has 0 saturated carbocycles. The summed E-state index contributed by atoms with van der Waals surface area (Å²) in [6.07, 6.45) is 0. The summed E-state index contributed by atoms with van der Waals surface area (Å²) in [7, 11) is 1.58. The number of nitrogens with zero attached hydrogens (tertiary/aromatic N) is 5. The van der Waals surface area contributed by atoms with Gasteiger partial charge in [0.05, 0.1) is 25.8 Å². The molecule has 1 fully saturated rings. The van der Waals surface area contributed by atoms with Crippen molar-refractivity contribution in [3.8, 4) is 5.75 Å². The smallest absolute Gasteiger partial charge is 0.251 e. The van der Waals surface area contributed by atoms with E-state index in [2.05, 4.69) is 20.5 Å². The number of methoxy groups -OCH3 is 1. The summed E-state index contributed by atoms with van der Waals surface area (Å²) in [4.78, 5) is 32.3. The molecule has 0 radical (unpaired) electrons. The predicted octanol–water partition coefficient (Wildman–Crippen LogP) is 4.69. The van der Waals surface area contributed by atoms with Crippen molar-refractivity contribution in [2.24, 2.45) is 0 Å². The van der Waals surface area contributed by atoms with Crippen molar-refractivity contribution >= 4 is 34.2 Å². The molecule has 1 unspecified atom stereocenters. The molecule has 1 aliphatic rings. The van der Waals surface area contributed by atoms with Crippen molar-refractivity contribution in [1.29, 1.82) is 0 Å². The van der Waals surface area contributed by atoms with Gasteiger partial charge in [0.1, 0.15) is 23.9 Å². The molecule has 4 aromatic carbocycles. The molecule has 1 atom stereocenters. The maximum absolute atomic E-state index is 14.2. The minimum atomic E-state index is -0.966. The van der Waals surface area contributed by atoms with E-state index in [0.29, 0.717) is 35.7 Å². The first-order valence-electron chi connectivity index (χ1n) is 14.6. The van der Waals surface area contributed by atoms with Gasteiger partial charge in [-0.25, -0.2) is 4.68 Å². The number of rotatable bonds is 10. The Morgan fingerprint density at radius 2 is 1.68 bits per heavy atom. The molecule has 2 heterocycles. The van der Waals surface area contributed by atoms with Gasteiger partial charge in [0.2, 0.25) is 5.91 Å². The van der Waals surface area contributed by atoms with Gasteiger partial charge in [0, 0.05) is 31.0 Å². The van der Waals surface area contributed by atoms with Crippen LogP contribution in [0, 0.1) is 0 Å². The van der Waals surface area contributed by atoms with E-state index in [0.717, 1.165) is 29.9 Å². The van der Waals surface area contributed by atoms with E-state index in [1.54, 1.807) is 22.8 Å². The summed E-state index contributed by atoms with van der Waals surface area (Å²) in [6.45, 7) is 3.14. The highest BCUT2D eigenvalue weighted by Crippen LogP contribution is 2.29. The zero-order valence-electron chi connectivity index (χ0n) is 24.5. The Kier molecular flexibility index (Phi) is 8.79. The van der Waals surface area contributed by atoms with E-state index in [9.17, 15) is 9.59 Å². The highest BCUT2D eigenvalue weighted by Gasteiger charge is 2.32. The van der Waals surface area contributed by atoms with Gasteiger partial charge in [-0.3, -0.25) is 9.59 Å². The van der Waals surface area contributed by atoms with Crippen molar-refractivity contribution < 1.29 is 19.1 Å². The first kappa shape index (κ1) is 28.9. The molecule has 1 aliphatic heterocycles. The Balaban J connectivity index is 1.34. The second kappa shape index (κ2) is 13.4. The number of morpholine rings is 1. The zero-order valence-corrected chi connectivity index (χ0v) is 24.5. The maximum atomic E-state index is 14.2. The summed E-state index contributed by atoms with van der Waals surface area (Å²) >= 11 is 0. The number of carbonyl (C=O) groups excluding carboxylic acids is 2. The molecule has 10 heteroatoms. The van der Waals surface area contributed by atoms with Gasteiger partial charge in [-0.15, -0.1) is 5.10 Å². The van der Waals surface area contributed by atoms with Gasteiger partial charge in [0.25, 0.3) is 5.91 Å². The number of hydrogen-bond acceptors (Lipinski definition) is 7. The fourth-order valence-electron chi connectivity index (χ4n) is 5.43. The number of aromatic nitrogens is 3. The minimum absolute atomic E-state index is 0.0880. The number of carbonyl (C=O) groups is 2. The molecular formula is C34H34N6O4. The van der Waals surface area contributed by atoms with Crippen LogP contribution in [0.4, 0.5) is 11.4 Å². The van der Waals surface area contributed by atoms with Crippen molar-refractivity contribution in [2.45, 2.75) is 19.1 Å². The van der Waals surface area contributed by atoms with Crippen molar-refractivity contribution in [3.63, 3.8) is 0 Å². The molecule has 2 amide bonds. The Morgan fingerprint density at radius 1 is 0.932 bits per heavy atom. The standard InChI is InChI=1S/C34H34N6O4/c1-43-29-11-7-10-26(22-29)33(34(42)35-27-14-16-28(17-15-27)38-18-20-44-21-19-38)39(23-25-8-3-2-4-9-25)32(41)24-40-31-13-6-5-12-30(31)36-37-40/h2-17,22,33H,18-21,23-24H2,1H3,(H,35,42). The Bertz CT molecular complexity index is 1720. The maximum Gasteiger partial charge on any atom is 0.251 e. The van der Waals surface area contributed by atoms with E-state index in [1.165, 1.54) is 0 Å². The lowest BCUT2D eigenvalue weighted by molar-refractivity contribution is -0.140. The SMILES string of the molecule is COc1cccc(C(C(=O)Nc2ccc(N3CCOCC3)cc2)N(Cc2ccccc2)C(=O)Cn2nnc3ccccc32)c1. The van der Waals surface area contributed by atoms with Crippen molar-refractivity contribution in [2.75, 3.05) is 43.6 Å². The van der Waals surface area contributed by atoms with Gasteiger partial charge in [-0.1, -0.05) is 59.8 Å². The highest BCUT2D eigenvalue weighted by molar-refractivity contribution is 5.98. The largest absolute Gasteiger partial charge is 0.497 e. The summed E-state index contributed by atoms with van der Waals surface area (Å²) < 4.78 is 12.5. The van der Waals surface area contributed by atoms with Crippen LogP contribution in [-0.2, 0) is 27.4 Å². The third kappa shape index (κ3) is 6.55. The lowest BCUT2D eigenvalue weighted by atomic mass is 10.0. The topological polar surface area (TPSA) is 102 Å². The van der Waals surface area contributed by atoms with Crippen LogP contribution >= 0.6 is 0 Å². The average Bonchev–Trinajstić information content (AvgIpc) is 3.48. The molecule has 0 bridgehead atoms. The van der Waals surface area contributed by atoms with Crippen molar-refractivity contribution in [1.82, 2.24) is 19.9 Å². The van der Waals surface area contributed by atoms with Crippen LogP contribution in [0.25, 0.3) is 11.0 Å². The monoisotopic (exact) mass is 590 g/mol. The molecular weight excluding hydrogens is 556 g/mol. The molecule has 1 saturated heterocycles. The molecule has 10 nitrogen and oxygen atoms in total. The third-order valence-electron chi connectivity index (χ3n) is 7.70. The summed E-state index contributed by atoms with van der Waals surface area (Å²) in [6, 6.07) is 31.2. The molecule has 5 aromatic rings. The summed E-state index contributed by atoms with van der Waals surface area (Å²) in [5.41, 5.74) is 4.64.